The van der Waals surface area contributed by atoms with E-state index in [1.165, 1.54) is 44.9 Å². The highest BCUT2D eigenvalue weighted by Crippen LogP contribution is 2.42. The summed E-state index contributed by atoms with van der Waals surface area (Å²) in [4.78, 5) is 0. The van der Waals surface area contributed by atoms with E-state index < -0.39 is 0 Å². The molecule has 1 saturated carbocycles. The van der Waals surface area contributed by atoms with Gasteiger partial charge in [-0.25, -0.2) is 0 Å². The van der Waals surface area contributed by atoms with E-state index in [2.05, 4.69) is 44.2 Å². The Balaban J connectivity index is 2.05. The molecule has 2 rings (SSSR count). The first kappa shape index (κ1) is 13.6. The van der Waals surface area contributed by atoms with Crippen molar-refractivity contribution in [1.82, 2.24) is 0 Å². The van der Waals surface area contributed by atoms with Crippen molar-refractivity contribution in [3.63, 3.8) is 0 Å². The normalized spacial score (nSPS) is 28.2. The molecule has 0 saturated heterocycles. The minimum atomic E-state index is 0.827. The van der Waals surface area contributed by atoms with E-state index in [4.69, 9.17) is 0 Å². The summed E-state index contributed by atoms with van der Waals surface area (Å²) < 4.78 is 0. The first-order valence-corrected chi connectivity index (χ1v) is 7.88. The summed E-state index contributed by atoms with van der Waals surface area (Å²) in [6.07, 6.45) is 9.92. The van der Waals surface area contributed by atoms with Crippen LogP contribution in [0.25, 0.3) is 0 Å². The van der Waals surface area contributed by atoms with Crippen LogP contribution in [-0.2, 0) is 0 Å². The van der Waals surface area contributed by atoms with E-state index in [0.717, 1.165) is 17.8 Å². The molecule has 2 unspecified atom stereocenters. The Morgan fingerprint density at radius 2 is 1.39 bits per heavy atom. The van der Waals surface area contributed by atoms with Crippen LogP contribution in [0.15, 0.2) is 30.3 Å². The SMILES string of the molecule is CCCC1CC(CCC)CC(c2ccccc2)C1. The Labute approximate surface area is 113 Å². The van der Waals surface area contributed by atoms with Gasteiger partial charge in [-0.05, 0) is 42.6 Å². The Hall–Kier alpha value is -0.780. The second-order valence-corrected chi connectivity index (χ2v) is 6.12. The van der Waals surface area contributed by atoms with Crippen LogP contribution < -0.4 is 0 Å². The minimum Gasteiger partial charge on any atom is -0.0654 e. The van der Waals surface area contributed by atoms with Crippen LogP contribution in [0, 0.1) is 11.8 Å². The van der Waals surface area contributed by atoms with Gasteiger partial charge in [-0.15, -0.1) is 0 Å². The maximum Gasteiger partial charge on any atom is -0.0157 e. The Morgan fingerprint density at radius 3 is 1.89 bits per heavy atom. The molecule has 1 aliphatic rings. The standard InChI is InChI=1S/C18H28/c1-3-8-15-12-16(9-4-2)14-18(13-15)17-10-6-5-7-11-17/h5-7,10-11,15-16,18H,3-4,8-9,12-14H2,1-2H3. The van der Waals surface area contributed by atoms with Gasteiger partial charge in [0.25, 0.3) is 0 Å². The van der Waals surface area contributed by atoms with E-state index in [1.807, 2.05) is 0 Å². The molecule has 0 aromatic heterocycles. The van der Waals surface area contributed by atoms with E-state index >= 15 is 0 Å². The highest BCUT2D eigenvalue weighted by atomic mass is 14.3. The van der Waals surface area contributed by atoms with Crippen LogP contribution in [0.5, 0.6) is 0 Å². The fraction of sp³-hybridized carbons (Fsp3) is 0.667. The average molecular weight is 244 g/mol. The minimum absolute atomic E-state index is 0.827. The maximum absolute atomic E-state index is 2.34. The Kier molecular flexibility index (Phi) is 5.28. The van der Waals surface area contributed by atoms with Gasteiger partial charge in [0, 0.05) is 0 Å². The molecule has 0 N–H and O–H groups in total. The monoisotopic (exact) mass is 244 g/mol. The van der Waals surface area contributed by atoms with Gasteiger partial charge in [0.15, 0.2) is 0 Å². The molecule has 1 fully saturated rings. The van der Waals surface area contributed by atoms with Gasteiger partial charge >= 0.3 is 0 Å². The second kappa shape index (κ2) is 6.97. The van der Waals surface area contributed by atoms with Crippen LogP contribution in [0.4, 0.5) is 0 Å². The van der Waals surface area contributed by atoms with Gasteiger partial charge in [0.1, 0.15) is 0 Å². The zero-order chi connectivity index (χ0) is 12.8. The summed E-state index contributed by atoms with van der Waals surface area (Å²) in [7, 11) is 0. The van der Waals surface area contributed by atoms with Crippen molar-refractivity contribution in [2.45, 2.75) is 64.7 Å². The van der Waals surface area contributed by atoms with E-state index in [0.29, 0.717) is 0 Å². The van der Waals surface area contributed by atoms with Crippen molar-refractivity contribution < 1.29 is 0 Å². The van der Waals surface area contributed by atoms with Gasteiger partial charge in [-0.2, -0.15) is 0 Å². The van der Waals surface area contributed by atoms with Crippen molar-refractivity contribution in [2.24, 2.45) is 11.8 Å². The Morgan fingerprint density at radius 1 is 0.833 bits per heavy atom. The predicted molar refractivity (Wildman–Crippen MR) is 79.8 cm³/mol. The molecule has 1 aliphatic carbocycles. The molecule has 0 amide bonds. The summed E-state index contributed by atoms with van der Waals surface area (Å²) in [5.74, 6) is 2.78. The molecule has 2 atom stereocenters. The number of benzene rings is 1. The molecule has 1 aromatic carbocycles. The lowest BCUT2D eigenvalue weighted by atomic mass is 9.70. The van der Waals surface area contributed by atoms with Gasteiger partial charge in [-0.3, -0.25) is 0 Å². The molecule has 0 spiro atoms. The van der Waals surface area contributed by atoms with E-state index in [1.54, 1.807) is 5.56 Å². The molecule has 0 bridgehead atoms. The van der Waals surface area contributed by atoms with Crippen molar-refractivity contribution in [3.8, 4) is 0 Å². The summed E-state index contributed by atoms with van der Waals surface area (Å²) >= 11 is 0. The van der Waals surface area contributed by atoms with Crippen molar-refractivity contribution >= 4 is 0 Å². The van der Waals surface area contributed by atoms with Crippen LogP contribution >= 0.6 is 0 Å². The summed E-state index contributed by atoms with van der Waals surface area (Å²) in [6, 6.07) is 11.2. The lowest BCUT2D eigenvalue weighted by Crippen LogP contribution is -2.21. The van der Waals surface area contributed by atoms with Gasteiger partial charge < -0.3 is 0 Å². The van der Waals surface area contributed by atoms with Gasteiger partial charge in [0.2, 0.25) is 0 Å². The van der Waals surface area contributed by atoms with Crippen LogP contribution in [0.1, 0.15) is 70.3 Å². The Bertz CT molecular complexity index is 313. The van der Waals surface area contributed by atoms with Crippen molar-refractivity contribution in [2.75, 3.05) is 0 Å². The summed E-state index contributed by atoms with van der Waals surface area (Å²) in [5.41, 5.74) is 1.58. The third-order valence-corrected chi connectivity index (χ3v) is 4.57. The number of hydrogen-bond donors (Lipinski definition) is 0. The number of rotatable bonds is 5. The molecule has 0 nitrogen and oxygen atoms in total. The number of hydrogen-bond acceptors (Lipinski definition) is 0. The molecule has 0 heteroatoms. The van der Waals surface area contributed by atoms with Crippen molar-refractivity contribution in [1.29, 1.82) is 0 Å². The highest BCUT2D eigenvalue weighted by Gasteiger charge is 2.28. The predicted octanol–water partition coefficient (Wildman–Crippen LogP) is 5.79. The van der Waals surface area contributed by atoms with Crippen LogP contribution in [0.2, 0.25) is 0 Å². The fourth-order valence-electron chi connectivity index (χ4n) is 3.85. The zero-order valence-corrected chi connectivity index (χ0v) is 12.1. The topological polar surface area (TPSA) is 0 Å². The van der Waals surface area contributed by atoms with E-state index in [-0.39, 0.29) is 0 Å². The zero-order valence-electron chi connectivity index (χ0n) is 12.1. The lowest BCUT2D eigenvalue weighted by molar-refractivity contribution is 0.216. The second-order valence-electron chi connectivity index (χ2n) is 6.12. The smallest absolute Gasteiger partial charge is 0.0157 e. The average Bonchev–Trinajstić information content (AvgIpc) is 2.40. The third kappa shape index (κ3) is 3.60. The molecular formula is C18H28. The fourth-order valence-corrected chi connectivity index (χ4v) is 3.85. The summed E-state index contributed by atoms with van der Waals surface area (Å²) in [6.45, 7) is 4.67. The first-order valence-electron chi connectivity index (χ1n) is 7.88. The molecule has 100 valence electrons. The van der Waals surface area contributed by atoms with Crippen LogP contribution in [-0.4, -0.2) is 0 Å². The quantitative estimate of drug-likeness (QED) is 0.615. The van der Waals surface area contributed by atoms with E-state index in [9.17, 15) is 0 Å². The van der Waals surface area contributed by atoms with Gasteiger partial charge in [-0.1, -0.05) is 69.9 Å². The van der Waals surface area contributed by atoms with Crippen molar-refractivity contribution in [3.05, 3.63) is 35.9 Å². The largest absolute Gasteiger partial charge is 0.0654 e. The molecule has 0 heterocycles. The first-order chi connectivity index (χ1) is 8.83. The lowest BCUT2D eigenvalue weighted by Gasteiger charge is -2.35. The summed E-state index contributed by atoms with van der Waals surface area (Å²) in [5, 5.41) is 0. The molecular weight excluding hydrogens is 216 g/mol. The molecule has 0 radical (unpaired) electrons. The molecule has 1 aromatic rings. The molecule has 18 heavy (non-hydrogen) atoms. The van der Waals surface area contributed by atoms with Gasteiger partial charge in [0.05, 0.1) is 0 Å². The maximum atomic E-state index is 2.34. The highest BCUT2D eigenvalue weighted by molar-refractivity contribution is 5.20. The molecule has 0 aliphatic heterocycles. The van der Waals surface area contributed by atoms with Crippen LogP contribution in [0.3, 0.4) is 0 Å². The third-order valence-electron chi connectivity index (χ3n) is 4.57.